The second-order valence-corrected chi connectivity index (χ2v) is 4.34. The summed E-state index contributed by atoms with van der Waals surface area (Å²) in [7, 11) is 0. The average molecular weight is 232 g/mol. The summed E-state index contributed by atoms with van der Waals surface area (Å²) in [6.45, 7) is 2.54. The van der Waals surface area contributed by atoms with Crippen LogP contribution in [0.4, 0.5) is 0 Å². The number of benzene rings is 1. The fraction of sp³-hybridized carbons (Fsp3) is 0.250. The molecule has 5 heteroatoms. The zero-order chi connectivity index (χ0) is 12.8. The fourth-order valence-electron chi connectivity index (χ4n) is 1.79. The molecule has 0 unspecified atom stereocenters. The number of rotatable bonds is 2. The molecule has 1 aromatic carbocycles. The number of fused-ring (bicyclic) bond motifs is 1. The Morgan fingerprint density at radius 2 is 1.53 bits per heavy atom. The quantitative estimate of drug-likeness (QED) is 0.662. The Bertz CT molecular complexity index is 498. The van der Waals surface area contributed by atoms with Gasteiger partial charge in [0.15, 0.2) is 0 Å². The zero-order valence-corrected chi connectivity index (χ0v) is 9.39. The molecule has 1 aromatic rings. The normalized spacial score (nSPS) is 15.1. The summed E-state index contributed by atoms with van der Waals surface area (Å²) >= 11 is 0. The van der Waals surface area contributed by atoms with Crippen LogP contribution in [0.25, 0.3) is 0 Å². The van der Waals surface area contributed by atoms with Crippen molar-refractivity contribution in [1.29, 1.82) is 0 Å². The minimum Gasteiger partial charge on any atom is -0.548 e. The van der Waals surface area contributed by atoms with Crippen LogP contribution in [-0.4, -0.2) is 28.2 Å². The van der Waals surface area contributed by atoms with Crippen molar-refractivity contribution in [3.8, 4) is 0 Å². The molecule has 1 aliphatic rings. The van der Waals surface area contributed by atoms with Crippen LogP contribution in [0.5, 0.6) is 0 Å². The molecule has 0 atom stereocenters. The molecule has 0 radical (unpaired) electrons. The molecule has 1 aliphatic heterocycles. The van der Waals surface area contributed by atoms with E-state index in [1.807, 2.05) is 0 Å². The van der Waals surface area contributed by atoms with Gasteiger partial charge in [-0.2, -0.15) is 0 Å². The van der Waals surface area contributed by atoms with Gasteiger partial charge in [0.2, 0.25) is 0 Å². The van der Waals surface area contributed by atoms with Crippen molar-refractivity contribution in [2.75, 3.05) is 0 Å². The van der Waals surface area contributed by atoms with Crippen LogP contribution in [0.15, 0.2) is 24.3 Å². The van der Waals surface area contributed by atoms with Gasteiger partial charge in [0.1, 0.15) is 0 Å². The minimum atomic E-state index is -1.66. The Kier molecular flexibility index (Phi) is 2.27. The first-order valence-electron chi connectivity index (χ1n) is 5.06. The van der Waals surface area contributed by atoms with E-state index in [2.05, 4.69) is 0 Å². The number of nitrogens with zero attached hydrogens (tertiary/aromatic N) is 1. The SMILES string of the molecule is CC(C)(C(=O)[O-])N1C(=O)c2ccccc2C1=O. The van der Waals surface area contributed by atoms with E-state index in [1.54, 1.807) is 12.1 Å². The van der Waals surface area contributed by atoms with Crippen LogP contribution >= 0.6 is 0 Å². The first-order chi connectivity index (χ1) is 7.87. The maximum absolute atomic E-state index is 12.0. The van der Waals surface area contributed by atoms with Gasteiger partial charge in [-0.3, -0.25) is 14.5 Å². The Morgan fingerprint density at radius 3 is 1.88 bits per heavy atom. The summed E-state index contributed by atoms with van der Waals surface area (Å²) in [5.41, 5.74) is -1.20. The zero-order valence-electron chi connectivity index (χ0n) is 9.39. The highest BCUT2D eigenvalue weighted by atomic mass is 16.4. The molecule has 0 N–H and O–H groups in total. The fourth-order valence-corrected chi connectivity index (χ4v) is 1.79. The Balaban J connectivity index is 2.54. The molecule has 0 aromatic heterocycles. The molecule has 17 heavy (non-hydrogen) atoms. The highest BCUT2D eigenvalue weighted by Gasteiger charge is 2.44. The summed E-state index contributed by atoms with van der Waals surface area (Å²) in [5.74, 6) is -2.66. The number of aliphatic carboxylic acids is 1. The number of amides is 2. The van der Waals surface area contributed by atoms with E-state index >= 15 is 0 Å². The summed E-state index contributed by atoms with van der Waals surface area (Å²) in [5, 5.41) is 11.0. The molecule has 2 rings (SSSR count). The van der Waals surface area contributed by atoms with Crippen LogP contribution in [0.1, 0.15) is 34.6 Å². The molecule has 0 saturated heterocycles. The van der Waals surface area contributed by atoms with Crippen LogP contribution in [0.3, 0.4) is 0 Å². The molecule has 1 heterocycles. The summed E-state index contributed by atoms with van der Waals surface area (Å²) in [4.78, 5) is 35.7. The van der Waals surface area contributed by atoms with E-state index in [1.165, 1.54) is 26.0 Å². The summed E-state index contributed by atoms with van der Waals surface area (Å²) < 4.78 is 0. The number of hydrogen-bond donors (Lipinski definition) is 0. The van der Waals surface area contributed by atoms with E-state index in [4.69, 9.17) is 0 Å². The number of imide groups is 1. The lowest BCUT2D eigenvalue weighted by molar-refractivity contribution is -0.315. The number of hydrogen-bond acceptors (Lipinski definition) is 4. The van der Waals surface area contributed by atoms with Gasteiger partial charge >= 0.3 is 0 Å². The smallest absolute Gasteiger partial charge is 0.262 e. The van der Waals surface area contributed by atoms with Gasteiger partial charge in [0, 0.05) is 0 Å². The van der Waals surface area contributed by atoms with Crippen molar-refractivity contribution < 1.29 is 19.5 Å². The minimum absolute atomic E-state index is 0.229. The summed E-state index contributed by atoms with van der Waals surface area (Å²) in [6, 6.07) is 6.25. The Morgan fingerprint density at radius 1 is 1.12 bits per heavy atom. The molecule has 0 saturated carbocycles. The molecule has 88 valence electrons. The van der Waals surface area contributed by atoms with E-state index in [0.29, 0.717) is 0 Å². The third-order valence-electron chi connectivity index (χ3n) is 2.85. The van der Waals surface area contributed by atoms with Gasteiger partial charge in [-0.1, -0.05) is 12.1 Å². The third kappa shape index (κ3) is 1.43. The molecule has 0 spiro atoms. The standard InChI is InChI=1S/C12H11NO4/c1-12(2,11(16)17)13-9(14)7-5-3-4-6-8(7)10(13)15/h3-6H,1-2H3,(H,16,17)/p-1. The Hall–Kier alpha value is -2.17. The molecule has 2 amide bonds. The van der Waals surface area contributed by atoms with Gasteiger partial charge < -0.3 is 9.90 Å². The Labute approximate surface area is 97.7 Å². The first-order valence-corrected chi connectivity index (χ1v) is 5.06. The van der Waals surface area contributed by atoms with Crippen LogP contribution < -0.4 is 5.11 Å². The predicted molar refractivity (Wildman–Crippen MR) is 56.0 cm³/mol. The first kappa shape index (κ1) is 11.3. The molecular weight excluding hydrogens is 222 g/mol. The van der Waals surface area contributed by atoms with Gasteiger partial charge in [-0.05, 0) is 26.0 Å². The number of carbonyl (C=O) groups is 3. The monoisotopic (exact) mass is 232 g/mol. The van der Waals surface area contributed by atoms with Crippen molar-refractivity contribution in [2.45, 2.75) is 19.4 Å². The number of carboxylic acids is 1. The van der Waals surface area contributed by atoms with Gasteiger partial charge in [0.25, 0.3) is 11.8 Å². The van der Waals surface area contributed by atoms with Crippen molar-refractivity contribution >= 4 is 17.8 Å². The van der Waals surface area contributed by atoms with Crippen molar-refractivity contribution in [1.82, 2.24) is 4.90 Å². The van der Waals surface area contributed by atoms with Crippen LogP contribution in [0.2, 0.25) is 0 Å². The van der Waals surface area contributed by atoms with E-state index in [0.717, 1.165) is 4.90 Å². The lowest BCUT2D eigenvalue weighted by atomic mass is 10.0. The molecule has 0 aliphatic carbocycles. The molecule has 0 bridgehead atoms. The van der Waals surface area contributed by atoms with Crippen LogP contribution in [-0.2, 0) is 4.79 Å². The predicted octanol–water partition coefficient (Wildman–Crippen LogP) is -0.189. The van der Waals surface area contributed by atoms with Crippen molar-refractivity contribution in [3.63, 3.8) is 0 Å². The van der Waals surface area contributed by atoms with Gasteiger partial charge in [-0.25, -0.2) is 0 Å². The van der Waals surface area contributed by atoms with E-state index in [-0.39, 0.29) is 11.1 Å². The lowest BCUT2D eigenvalue weighted by Gasteiger charge is -2.34. The van der Waals surface area contributed by atoms with E-state index in [9.17, 15) is 19.5 Å². The largest absolute Gasteiger partial charge is 0.548 e. The van der Waals surface area contributed by atoms with Crippen molar-refractivity contribution in [2.24, 2.45) is 0 Å². The van der Waals surface area contributed by atoms with Gasteiger partial charge in [-0.15, -0.1) is 0 Å². The lowest BCUT2D eigenvalue weighted by Crippen LogP contribution is -2.58. The molecular formula is C12H10NO4-. The highest BCUT2D eigenvalue weighted by molar-refractivity contribution is 6.23. The molecule has 0 fully saturated rings. The van der Waals surface area contributed by atoms with Gasteiger partial charge in [0.05, 0.1) is 22.6 Å². The number of carboxylic acid groups (broad SMARTS) is 1. The summed E-state index contributed by atoms with van der Waals surface area (Å²) in [6.07, 6.45) is 0. The second-order valence-electron chi connectivity index (χ2n) is 4.34. The average Bonchev–Trinajstić information content (AvgIpc) is 2.52. The maximum atomic E-state index is 12.0. The second kappa shape index (κ2) is 3.41. The molecule has 5 nitrogen and oxygen atoms in total. The highest BCUT2D eigenvalue weighted by Crippen LogP contribution is 2.28. The van der Waals surface area contributed by atoms with Crippen molar-refractivity contribution in [3.05, 3.63) is 35.4 Å². The van der Waals surface area contributed by atoms with Crippen LogP contribution in [0, 0.1) is 0 Å². The third-order valence-corrected chi connectivity index (χ3v) is 2.85. The maximum Gasteiger partial charge on any atom is 0.262 e. The topological polar surface area (TPSA) is 77.5 Å². The number of carbonyl (C=O) groups excluding carboxylic acids is 3. The van der Waals surface area contributed by atoms with E-state index < -0.39 is 23.3 Å².